The minimum atomic E-state index is 0.285. The Hall–Kier alpha value is -1.27. The molecule has 0 aromatic carbocycles. The number of tetrazole rings is 1. The van der Waals surface area contributed by atoms with Crippen molar-refractivity contribution >= 4 is 11.3 Å². The molecular weight excluding hydrogens is 222 g/mol. The zero-order chi connectivity index (χ0) is 11.4. The first kappa shape index (κ1) is 11.2. The Balaban J connectivity index is 2.08. The van der Waals surface area contributed by atoms with Crippen LogP contribution < -0.4 is 5.32 Å². The van der Waals surface area contributed by atoms with E-state index < -0.39 is 0 Å². The third-order valence-corrected chi connectivity index (χ3v) is 3.16. The maximum Gasteiger partial charge on any atom is 0.165 e. The van der Waals surface area contributed by atoms with Crippen LogP contribution in [0.2, 0.25) is 0 Å². The summed E-state index contributed by atoms with van der Waals surface area (Å²) in [5.74, 6) is 0.880. The highest BCUT2D eigenvalue weighted by Crippen LogP contribution is 2.16. The first-order valence-corrected chi connectivity index (χ1v) is 6.18. The third-order valence-electron chi connectivity index (χ3n) is 2.42. The van der Waals surface area contributed by atoms with Crippen molar-refractivity contribution in [2.75, 3.05) is 7.05 Å². The maximum atomic E-state index is 4.03. The molecule has 0 amide bonds. The van der Waals surface area contributed by atoms with Crippen molar-refractivity contribution in [1.82, 2.24) is 25.5 Å². The molecule has 1 atom stereocenters. The maximum absolute atomic E-state index is 4.03. The lowest BCUT2D eigenvalue weighted by atomic mass is 10.1. The van der Waals surface area contributed by atoms with E-state index in [4.69, 9.17) is 0 Å². The number of thiophene rings is 1. The van der Waals surface area contributed by atoms with E-state index in [9.17, 15) is 0 Å². The number of rotatable bonds is 5. The fourth-order valence-electron chi connectivity index (χ4n) is 1.67. The second-order valence-corrected chi connectivity index (χ2v) is 4.53. The standard InChI is InChI=1S/C10H15N5S/c1-8(5-9-3-4-16-7-9)15-10(6-11-2)12-13-14-15/h3-4,7-8,11H,5-6H2,1-2H3. The van der Waals surface area contributed by atoms with Gasteiger partial charge in [0.15, 0.2) is 5.82 Å². The van der Waals surface area contributed by atoms with Gasteiger partial charge in [0.1, 0.15) is 0 Å². The molecule has 2 rings (SSSR count). The van der Waals surface area contributed by atoms with Crippen LogP contribution in [0.25, 0.3) is 0 Å². The van der Waals surface area contributed by atoms with Crippen molar-refractivity contribution in [3.8, 4) is 0 Å². The lowest BCUT2D eigenvalue weighted by molar-refractivity contribution is 0.453. The molecule has 0 bridgehead atoms. The van der Waals surface area contributed by atoms with Gasteiger partial charge in [-0.3, -0.25) is 0 Å². The molecule has 1 N–H and O–H groups in total. The van der Waals surface area contributed by atoms with Crippen molar-refractivity contribution in [2.45, 2.75) is 25.9 Å². The van der Waals surface area contributed by atoms with Gasteiger partial charge in [0.05, 0.1) is 12.6 Å². The molecule has 0 saturated carbocycles. The van der Waals surface area contributed by atoms with Gasteiger partial charge in [-0.15, -0.1) is 5.10 Å². The smallest absolute Gasteiger partial charge is 0.165 e. The molecule has 0 aliphatic heterocycles. The SMILES string of the molecule is CNCc1nnnn1C(C)Cc1ccsc1. The van der Waals surface area contributed by atoms with Crippen LogP contribution in [0.1, 0.15) is 24.4 Å². The van der Waals surface area contributed by atoms with E-state index in [2.05, 4.69) is 44.6 Å². The average molecular weight is 237 g/mol. The number of nitrogens with one attached hydrogen (secondary N) is 1. The van der Waals surface area contributed by atoms with Crippen LogP contribution in [0.4, 0.5) is 0 Å². The number of hydrogen-bond acceptors (Lipinski definition) is 5. The van der Waals surface area contributed by atoms with E-state index in [-0.39, 0.29) is 6.04 Å². The van der Waals surface area contributed by atoms with E-state index in [1.165, 1.54) is 5.56 Å². The Morgan fingerprint density at radius 1 is 1.56 bits per heavy atom. The fourth-order valence-corrected chi connectivity index (χ4v) is 2.35. The Morgan fingerprint density at radius 2 is 2.44 bits per heavy atom. The minimum absolute atomic E-state index is 0.285. The summed E-state index contributed by atoms with van der Waals surface area (Å²) >= 11 is 1.72. The zero-order valence-electron chi connectivity index (χ0n) is 9.42. The number of nitrogens with zero attached hydrogens (tertiary/aromatic N) is 4. The van der Waals surface area contributed by atoms with Gasteiger partial charge in [-0.1, -0.05) is 0 Å². The molecule has 6 heteroatoms. The van der Waals surface area contributed by atoms with E-state index in [1.54, 1.807) is 11.3 Å². The predicted molar refractivity (Wildman–Crippen MR) is 63.3 cm³/mol. The molecule has 2 aromatic rings. The summed E-state index contributed by atoms with van der Waals surface area (Å²) < 4.78 is 1.88. The number of aromatic nitrogens is 4. The van der Waals surface area contributed by atoms with Gasteiger partial charge < -0.3 is 5.32 Å². The monoisotopic (exact) mass is 237 g/mol. The van der Waals surface area contributed by atoms with Gasteiger partial charge in [-0.05, 0) is 53.2 Å². The third kappa shape index (κ3) is 2.45. The summed E-state index contributed by atoms with van der Waals surface area (Å²) in [4.78, 5) is 0. The average Bonchev–Trinajstić information content (AvgIpc) is 2.89. The van der Waals surface area contributed by atoms with Crippen molar-refractivity contribution in [3.63, 3.8) is 0 Å². The van der Waals surface area contributed by atoms with E-state index in [0.717, 1.165) is 12.2 Å². The highest BCUT2D eigenvalue weighted by atomic mass is 32.1. The lowest BCUT2D eigenvalue weighted by Gasteiger charge is -2.12. The largest absolute Gasteiger partial charge is 0.313 e. The second kappa shape index (κ2) is 5.18. The molecule has 2 aromatic heterocycles. The van der Waals surface area contributed by atoms with E-state index in [1.807, 2.05) is 11.7 Å². The number of hydrogen-bond donors (Lipinski definition) is 1. The Bertz CT molecular complexity index is 422. The molecule has 0 saturated heterocycles. The van der Waals surface area contributed by atoms with Crippen LogP contribution in [0.15, 0.2) is 16.8 Å². The minimum Gasteiger partial charge on any atom is -0.313 e. The predicted octanol–water partition coefficient (Wildman–Crippen LogP) is 1.26. The molecule has 0 aliphatic rings. The fraction of sp³-hybridized carbons (Fsp3) is 0.500. The van der Waals surface area contributed by atoms with Crippen molar-refractivity contribution in [2.24, 2.45) is 0 Å². The molecule has 0 fully saturated rings. The van der Waals surface area contributed by atoms with E-state index >= 15 is 0 Å². The summed E-state index contributed by atoms with van der Waals surface area (Å²) in [7, 11) is 1.89. The van der Waals surface area contributed by atoms with Crippen LogP contribution in [0, 0.1) is 0 Å². The van der Waals surface area contributed by atoms with Crippen LogP contribution in [0.3, 0.4) is 0 Å². The molecule has 0 spiro atoms. The summed E-state index contributed by atoms with van der Waals surface area (Å²) in [5, 5.41) is 19.1. The van der Waals surface area contributed by atoms with Crippen LogP contribution in [-0.2, 0) is 13.0 Å². The molecular formula is C10H15N5S. The summed E-state index contributed by atoms with van der Waals surface area (Å²) in [6.07, 6.45) is 0.964. The van der Waals surface area contributed by atoms with Gasteiger partial charge in [-0.2, -0.15) is 11.3 Å². The van der Waals surface area contributed by atoms with Crippen molar-refractivity contribution in [3.05, 3.63) is 28.2 Å². The van der Waals surface area contributed by atoms with Crippen molar-refractivity contribution < 1.29 is 0 Å². The van der Waals surface area contributed by atoms with E-state index in [0.29, 0.717) is 6.54 Å². The summed E-state index contributed by atoms with van der Waals surface area (Å²) in [5.41, 5.74) is 1.34. The molecule has 86 valence electrons. The topological polar surface area (TPSA) is 55.6 Å². The van der Waals surface area contributed by atoms with Crippen molar-refractivity contribution in [1.29, 1.82) is 0 Å². The van der Waals surface area contributed by atoms with Gasteiger partial charge >= 0.3 is 0 Å². The summed E-state index contributed by atoms with van der Waals surface area (Å²) in [6.45, 7) is 2.83. The normalized spacial score (nSPS) is 12.9. The zero-order valence-corrected chi connectivity index (χ0v) is 10.2. The lowest BCUT2D eigenvalue weighted by Crippen LogP contribution is -2.17. The Labute approximate surface area is 98.5 Å². The van der Waals surface area contributed by atoms with Gasteiger partial charge in [0.25, 0.3) is 0 Å². The highest BCUT2D eigenvalue weighted by molar-refractivity contribution is 7.07. The second-order valence-electron chi connectivity index (χ2n) is 3.75. The highest BCUT2D eigenvalue weighted by Gasteiger charge is 2.12. The molecule has 0 radical (unpaired) electrons. The van der Waals surface area contributed by atoms with Gasteiger partial charge in [0.2, 0.25) is 0 Å². The molecule has 16 heavy (non-hydrogen) atoms. The van der Waals surface area contributed by atoms with Crippen LogP contribution >= 0.6 is 11.3 Å². The summed E-state index contributed by atoms with van der Waals surface area (Å²) in [6, 6.07) is 2.43. The molecule has 5 nitrogen and oxygen atoms in total. The van der Waals surface area contributed by atoms with Gasteiger partial charge in [-0.25, -0.2) is 4.68 Å². The molecule has 2 heterocycles. The Kier molecular flexibility index (Phi) is 3.63. The van der Waals surface area contributed by atoms with Crippen LogP contribution in [-0.4, -0.2) is 27.3 Å². The van der Waals surface area contributed by atoms with Gasteiger partial charge in [0, 0.05) is 0 Å². The first-order valence-electron chi connectivity index (χ1n) is 5.23. The Morgan fingerprint density at radius 3 is 3.12 bits per heavy atom. The first-order chi connectivity index (χ1) is 7.81. The van der Waals surface area contributed by atoms with Crippen LogP contribution in [0.5, 0.6) is 0 Å². The quantitative estimate of drug-likeness (QED) is 0.850. The molecule has 0 aliphatic carbocycles. The molecule has 1 unspecified atom stereocenters.